The minimum absolute atomic E-state index is 0.198. The molecule has 2 heteroatoms. The van der Waals surface area contributed by atoms with E-state index in [1.54, 1.807) is 0 Å². The smallest absolute Gasteiger partial charge is 0.119 e. The SMILES string of the molecule is CCCCC(CC)COc1ccc2c(c1)[C@@H](N)CCC2. The van der Waals surface area contributed by atoms with E-state index in [2.05, 4.69) is 32.0 Å². The first kappa shape index (κ1) is 15.4. The van der Waals surface area contributed by atoms with Crippen LogP contribution in [0.25, 0.3) is 0 Å². The fourth-order valence-electron chi connectivity index (χ4n) is 3.02. The molecule has 0 saturated carbocycles. The molecular weight excluding hydrogens is 246 g/mol. The average Bonchev–Trinajstić information content (AvgIpc) is 2.48. The third-order valence-corrected chi connectivity index (χ3v) is 4.51. The van der Waals surface area contributed by atoms with E-state index in [4.69, 9.17) is 10.5 Å². The van der Waals surface area contributed by atoms with Crippen molar-refractivity contribution in [1.82, 2.24) is 0 Å². The normalized spacial score (nSPS) is 19.4. The molecule has 112 valence electrons. The number of nitrogens with two attached hydrogens (primary N) is 1. The first-order valence-corrected chi connectivity index (χ1v) is 8.25. The van der Waals surface area contributed by atoms with Crippen LogP contribution >= 0.6 is 0 Å². The number of benzene rings is 1. The molecule has 0 saturated heterocycles. The Morgan fingerprint density at radius 2 is 2.20 bits per heavy atom. The van der Waals surface area contributed by atoms with E-state index in [9.17, 15) is 0 Å². The summed E-state index contributed by atoms with van der Waals surface area (Å²) in [6.45, 7) is 5.34. The number of rotatable bonds is 7. The molecule has 1 unspecified atom stereocenters. The van der Waals surface area contributed by atoms with Crippen molar-refractivity contribution < 1.29 is 4.74 Å². The van der Waals surface area contributed by atoms with E-state index in [0.717, 1.165) is 25.2 Å². The van der Waals surface area contributed by atoms with Crippen LogP contribution in [0.2, 0.25) is 0 Å². The second-order valence-electron chi connectivity index (χ2n) is 6.09. The van der Waals surface area contributed by atoms with Crippen molar-refractivity contribution in [2.24, 2.45) is 11.7 Å². The summed E-state index contributed by atoms with van der Waals surface area (Å²) in [5.74, 6) is 1.68. The third kappa shape index (κ3) is 3.99. The molecule has 0 amide bonds. The zero-order valence-electron chi connectivity index (χ0n) is 13.0. The van der Waals surface area contributed by atoms with E-state index in [-0.39, 0.29) is 6.04 Å². The van der Waals surface area contributed by atoms with Crippen molar-refractivity contribution in [2.45, 2.75) is 64.8 Å². The van der Waals surface area contributed by atoms with Gasteiger partial charge in [0.2, 0.25) is 0 Å². The Kier molecular flexibility index (Phi) is 5.90. The first-order valence-electron chi connectivity index (χ1n) is 8.25. The van der Waals surface area contributed by atoms with Gasteiger partial charge in [0.25, 0.3) is 0 Å². The Labute approximate surface area is 123 Å². The Balaban J connectivity index is 1.94. The van der Waals surface area contributed by atoms with Crippen LogP contribution in [-0.4, -0.2) is 6.61 Å². The molecule has 0 bridgehead atoms. The number of aryl methyl sites for hydroxylation is 1. The topological polar surface area (TPSA) is 35.2 Å². The lowest BCUT2D eigenvalue weighted by molar-refractivity contribution is 0.233. The Hall–Kier alpha value is -1.02. The molecule has 0 spiro atoms. The van der Waals surface area contributed by atoms with E-state index < -0.39 is 0 Å². The zero-order chi connectivity index (χ0) is 14.4. The highest BCUT2D eigenvalue weighted by molar-refractivity contribution is 5.39. The summed E-state index contributed by atoms with van der Waals surface area (Å²) in [7, 11) is 0. The molecule has 2 atom stereocenters. The lowest BCUT2D eigenvalue weighted by atomic mass is 9.88. The minimum Gasteiger partial charge on any atom is -0.493 e. The maximum Gasteiger partial charge on any atom is 0.119 e. The van der Waals surface area contributed by atoms with Gasteiger partial charge < -0.3 is 10.5 Å². The van der Waals surface area contributed by atoms with Crippen LogP contribution in [0.1, 0.15) is 69.5 Å². The number of hydrogen-bond acceptors (Lipinski definition) is 2. The lowest BCUT2D eigenvalue weighted by Crippen LogP contribution is -2.18. The molecule has 1 aromatic rings. The molecule has 0 aromatic heterocycles. The fourth-order valence-corrected chi connectivity index (χ4v) is 3.02. The lowest BCUT2D eigenvalue weighted by Gasteiger charge is -2.23. The monoisotopic (exact) mass is 275 g/mol. The van der Waals surface area contributed by atoms with Gasteiger partial charge in [-0.25, -0.2) is 0 Å². The van der Waals surface area contributed by atoms with Crippen LogP contribution in [-0.2, 0) is 6.42 Å². The molecular formula is C18H29NO. The standard InChI is InChI=1S/C18H29NO/c1-3-5-7-14(4-2)13-20-16-11-10-15-8-6-9-18(19)17(15)12-16/h10-12,14,18H,3-9,13,19H2,1-2H3/t14?,18-/m0/s1. The van der Waals surface area contributed by atoms with Crippen LogP contribution in [0.3, 0.4) is 0 Å². The summed E-state index contributed by atoms with van der Waals surface area (Å²) < 4.78 is 6.01. The fraction of sp³-hybridized carbons (Fsp3) is 0.667. The second-order valence-corrected chi connectivity index (χ2v) is 6.09. The summed E-state index contributed by atoms with van der Waals surface area (Å²) in [5.41, 5.74) is 8.92. The van der Waals surface area contributed by atoms with Gasteiger partial charge in [0.1, 0.15) is 5.75 Å². The van der Waals surface area contributed by atoms with Crippen LogP contribution < -0.4 is 10.5 Å². The van der Waals surface area contributed by atoms with Crippen molar-refractivity contribution in [3.8, 4) is 5.75 Å². The molecule has 2 nitrogen and oxygen atoms in total. The average molecular weight is 275 g/mol. The van der Waals surface area contributed by atoms with Crippen molar-refractivity contribution in [1.29, 1.82) is 0 Å². The Morgan fingerprint density at radius 1 is 1.35 bits per heavy atom. The molecule has 1 aliphatic rings. The van der Waals surface area contributed by atoms with Gasteiger partial charge in [-0.15, -0.1) is 0 Å². The third-order valence-electron chi connectivity index (χ3n) is 4.51. The van der Waals surface area contributed by atoms with Gasteiger partial charge in [0, 0.05) is 6.04 Å². The van der Waals surface area contributed by atoms with Crippen molar-refractivity contribution >= 4 is 0 Å². The molecule has 0 heterocycles. The van der Waals surface area contributed by atoms with Crippen molar-refractivity contribution in [2.75, 3.05) is 6.61 Å². The predicted octanol–water partition coefficient (Wildman–Crippen LogP) is 4.62. The molecule has 0 aliphatic heterocycles. The highest BCUT2D eigenvalue weighted by atomic mass is 16.5. The summed E-state index contributed by atoms with van der Waals surface area (Å²) in [5, 5.41) is 0. The molecule has 0 radical (unpaired) electrons. The van der Waals surface area contributed by atoms with E-state index >= 15 is 0 Å². The molecule has 1 aromatic carbocycles. The number of hydrogen-bond donors (Lipinski definition) is 1. The summed E-state index contributed by atoms with van der Waals surface area (Å²) in [6.07, 6.45) is 8.52. The highest BCUT2D eigenvalue weighted by Crippen LogP contribution is 2.31. The Bertz CT molecular complexity index is 416. The maximum atomic E-state index is 6.21. The largest absolute Gasteiger partial charge is 0.493 e. The molecule has 1 aliphatic carbocycles. The van der Waals surface area contributed by atoms with Gasteiger partial charge >= 0.3 is 0 Å². The predicted molar refractivity (Wildman–Crippen MR) is 85.1 cm³/mol. The van der Waals surface area contributed by atoms with Crippen LogP contribution in [0.5, 0.6) is 5.75 Å². The first-order chi connectivity index (χ1) is 9.74. The van der Waals surface area contributed by atoms with Gasteiger partial charge in [-0.1, -0.05) is 39.2 Å². The van der Waals surface area contributed by atoms with Gasteiger partial charge in [0.05, 0.1) is 6.61 Å². The number of fused-ring (bicyclic) bond motifs is 1. The minimum atomic E-state index is 0.198. The Morgan fingerprint density at radius 3 is 2.95 bits per heavy atom. The van der Waals surface area contributed by atoms with Gasteiger partial charge in [-0.3, -0.25) is 0 Å². The van der Waals surface area contributed by atoms with Crippen LogP contribution in [0.4, 0.5) is 0 Å². The van der Waals surface area contributed by atoms with Crippen molar-refractivity contribution in [3.63, 3.8) is 0 Å². The number of unbranched alkanes of at least 4 members (excludes halogenated alkanes) is 1. The molecule has 2 rings (SSSR count). The van der Waals surface area contributed by atoms with Gasteiger partial charge in [0.15, 0.2) is 0 Å². The molecule has 2 N–H and O–H groups in total. The van der Waals surface area contributed by atoms with Crippen LogP contribution in [0.15, 0.2) is 18.2 Å². The van der Waals surface area contributed by atoms with E-state index in [1.807, 2.05) is 0 Å². The highest BCUT2D eigenvalue weighted by Gasteiger charge is 2.17. The molecule has 0 fully saturated rings. The van der Waals surface area contributed by atoms with Crippen molar-refractivity contribution in [3.05, 3.63) is 29.3 Å². The van der Waals surface area contributed by atoms with E-state index in [0.29, 0.717) is 5.92 Å². The van der Waals surface area contributed by atoms with Gasteiger partial charge in [-0.05, 0) is 54.9 Å². The second kappa shape index (κ2) is 7.68. The summed E-state index contributed by atoms with van der Waals surface area (Å²) in [6, 6.07) is 6.69. The molecule has 20 heavy (non-hydrogen) atoms. The maximum absolute atomic E-state index is 6.21. The number of ether oxygens (including phenoxy) is 1. The summed E-state index contributed by atoms with van der Waals surface area (Å²) >= 11 is 0. The summed E-state index contributed by atoms with van der Waals surface area (Å²) in [4.78, 5) is 0. The van der Waals surface area contributed by atoms with E-state index in [1.165, 1.54) is 43.2 Å². The zero-order valence-corrected chi connectivity index (χ0v) is 13.0. The van der Waals surface area contributed by atoms with Crippen LogP contribution in [0, 0.1) is 5.92 Å². The van der Waals surface area contributed by atoms with Gasteiger partial charge in [-0.2, -0.15) is 0 Å². The quantitative estimate of drug-likeness (QED) is 0.788.